The first-order chi connectivity index (χ1) is 22.7. The summed E-state index contributed by atoms with van der Waals surface area (Å²) in [5.41, 5.74) is 1.62. The second-order valence-electron chi connectivity index (χ2n) is 10.3. The number of aliphatic hydroxyl groups is 2. The molecule has 0 aliphatic heterocycles. The fraction of sp³-hybridized carbons (Fsp3) is 0.538. The van der Waals surface area contributed by atoms with Gasteiger partial charge in [0.25, 0.3) is 0 Å². The molecule has 0 fully saturated rings. The third kappa shape index (κ3) is 36.5. The normalized spacial score (nSPS) is 10.2. The average molecular weight is 719 g/mol. The van der Waals surface area contributed by atoms with Crippen LogP contribution in [0.25, 0.3) is 6.08 Å². The molecule has 0 heterocycles. The Bertz CT molecular complexity index is 1020. The fourth-order valence-corrected chi connectivity index (χ4v) is 3.63. The SMILES string of the molecule is CCCCC(CC)CO.CCCCC(CC)COC(=O)/C=C/c1ccc(OC)cc1.CO.COC(C)=O.COc1ccc(C=O)cc1.O.[CH3-].[Na+]. The number of hydrogen-bond acceptors (Lipinski definition) is 9. The molecule has 2 aromatic carbocycles. The summed E-state index contributed by atoms with van der Waals surface area (Å²) in [6, 6.07) is 14.5. The zero-order chi connectivity index (χ0) is 36.3. The summed E-state index contributed by atoms with van der Waals surface area (Å²) in [5.74, 6) is 2.08. The molecular weight excluding hydrogens is 651 g/mol. The predicted molar refractivity (Wildman–Crippen MR) is 201 cm³/mol. The maximum absolute atomic E-state index is 11.7. The summed E-state index contributed by atoms with van der Waals surface area (Å²) in [6.07, 6.45) is 13.4. The molecule has 0 spiro atoms. The molecule has 0 amide bonds. The van der Waals surface area contributed by atoms with Gasteiger partial charge >= 0.3 is 41.5 Å². The molecule has 0 bridgehead atoms. The first-order valence-corrected chi connectivity index (χ1v) is 16.4. The van der Waals surface area contributed by atoms with Crippen LogP contribution in [0.4, 0.5) is 0 Å². The number of benzene rings is 2. The molecule has 0 aliphatic carbocycles. The Balaban J connectivity index is -0.000000141. The summed E-state index contributed by atoms with van der Waals surface area (Å²) < 4.78 is 19.4. The van der Waals surface area contributed by atoms with Crippen molar-refractivity contribution in [3.63, 3.8) is 0 Å². The van der Waals surface area contributed by atoms with Crippen LogP contribution in [0.2, 0.25) is 0 Å². The van der Waals surface area contributed by atoms with Crippen molar-refractivity contribution in [3.05, 3.63) is 73.2 Å². The second kappa shape index (κ2) is 44.3. The van der Waals surface area contributed by atoms with Crippen LogP contribution < -0.4 is 39.0 Å². The minimum absolute atomic E-state index is 0. The van der Waals surface area contributed by atoms with Gasteiger partial charge in [-0.25, -0.2) is 4.79 Å². The molecule has 2 unspecified atom stereocenters. The number of carbonyl (C=O) groups is 3. The molecule has 0 aromatic heterocycles. The van der Waals surface area contributed by atoms with Gasteiger partial charge in [0.05, 0.1) is 27.9 Å². The Morgan fingerprint density at radius 2 is 1.16 bits per heavy atom. The van der Waals surface area contributed by atoms with E-state index in [1.807, 2.05) is 24.3 Å². The third-order valence-electron chi connectivity index (χ3n) is 6.87. The van der Waals surface area contributed by atoms with E-state index in [0.717, 1.165) is 49.7 Å². The van der Waals surface area contributed by atoms with Crippen molar-refractivity contribution in [2.24, 2.45) is 11.8 Å². The maximum Gasteiger partial charge on any atom is 1.00 e. The zero-order valence-electron chi connectivity index (χ0n) is 32.8. The van der Waals surface area contributed by atoms with Crippen molar-refractivity contribution in [2.45, 2.75) is 86.0 Å². The van der Waals surface area contributed by atoms with Gasteiger partial charge in [-0.3, -0.25) is 9.59 Å². The molecular formula is C39H67NaO10. The quantitative estimate of drug-likeness (QED) is 0.0832. The topological polar surface area (TPSA) is 160 Å². The van der Waals surface area contributed by atoms with Crippen LogP contribution in [0.5, 0.6) is 11.5 Å². The number of aldehydes is 1. The number of aliphatic hydroxyl groups excluding tert-OH is 2. The van der Waals surface area contributed by atoms with E-state index in [-0.39, 0.29) is 54.4 Å². The molecule has 4 N–H and O–H groups in total. The number of ether oxygens (including phenoxy) is 4. The minimum atomic E-state index is -0.277. The van der Waals surface area contributed by atoms with Crippen LogP contribution >= 0.6 is 0 Å². The van der Waals surface area contributed by atoms with Crippen LogP contribution in [0.15, 0.2) is 54.6 Å². The third-order valence-corrected chi connectivity index (χ3v) is 6.87. The van der Waals surface area contributed by atoms with Crippen molar-refractivity contribution in [2.75, 3.05) is 41.7 Å². The number of methoxy groups -OCH3 is 3. The molecule has 10 nitrogen and oxygen atoms in total. The van der Waals surface area contributed by atoms with Gasteiger partial charge in [0, 0.05) is 32.3 Å². The Kier molecular flexibility index (Phi) is 52.6. The van der Waals surface area contributed by atoms with E-state index in [1.54, 1.807) is 44.6 Å². The van der Waals surface area contributed by atoms with E-state index < -0.39 is 0 Å². The van der Waals surface area contributed by atoms with Crippen LogP contribution in [-0.2, 0) is 19.1 Å². The molecule has 50 heavy (non-hydrogen) atoms. The van der Waals surface area contributed by atoms with Crippen LogP contribution in [0.3, 0.4) is 0 Å². The van der Waals surface area contributed by atoms with Crippen LogP contribution in [0.1, 0.15) is 102 Å². The first kappa shape index (κ1) is 59.4. The van der Waals surface area contributed by atoms with Gasteiger partial charge in [0.2, 0.25) is 0 Å². The van der Waals surface area contributed by atoms with E-state index in [9.17, 15) is 14.4 Å². The number of carbonyl (C=O) groups excluding carboxylic acids is 3. The molecule has 0 saturated heterocycles. The number of hydrogen-bond donors (Lipinski definition) is 2. The molecule has 2 aromatic rings. The van der Waals surface area contributed by atoms with Crippen molar-refractivity contribution in [1.82, 2.24) is 0 Å². The van der Waals surface area contributed by atoms with Crippen molar-refractivity contribution < 1.29 is 78.6 Å². The second-order valence-corrected chi connectivity index (χ2v) is 10.3. The van der Waals surface area contributed by atoms with Crippen molar-refractivity contribution >= 4 is 24.3 Å². The standard InChI is InChI=1S/C18H26O3.C8H8O2.C8H18O.C3H6O2.CH4O.CH3.Na.H2O/c1-4-6-7-15(5-2)14-21-18(19)13-10-16-8-11-17(20-3)12-9-16;1-10-8-4-2-7(6-9)3-5-8;1-3-5-6-8(4-2)7-9;1-3(4)5-2;1-2;;;/h8-13,15H,4-7,14H2,1-3H3;2-6H,1H3;8-9H,3-7H2,1-2H3;1-2H3;2H,1H3;1H3;;1H2/q;;;;;-1;+1;/b13-10+;;;;;;;. The number of rotatable bonds is 16. The monoisotopic (exact) mass is 718 g/mol. The molecule has 284 valence electrons. The Hall–Kier alpha value is -2.73. The Morgan fingerprint density at radius 3 is 1.48 bits per heavy atom. The van der Waals surface area contributed by atoms with E-state index >= 15 is 0 Å². The predicted octanol–water partition coefficient (Wildman–Crippen LogP) is 4.59. The van der Waals surface area contributed by atoms with Crippen LogP contribution in [0, 0.1) is 19.3 Å². The average Bonchev–Trinajstić information content (AvgIpc) is 3.13. The Labute approximate surface area is 325 Å². The van der Waals surface area contributed by atoms with Gasteiger partial charge < -0.3 is 42.1 Å². The fourth-order valence-electron chi connectivity index (χ4n) is 3.63. The van der Waals surface area contributed by atoms with E-state index in [0.29, 0.717) is 30.6 Å². The molecule has 0 saturated carbocycles. The van der Waals surface area contributed by atoms with Gasteiger partial charge in [-0.15, -0.1) is 0 Å². The maximum atomic E-state index is 11.7. The summed E-state index contributed by atoms with van der Waals surface area (Å²) in [7, 11) is 5.57. The van der Waals surface area contributed by atoms with Crippen molar-refractivity contribution in [3.8, 4) is 11.5 Å². The summed E-state index contributed by atoms with van der Waals surface area (Å²) >= 11 is 0. The van der Waals surface area contributed by atoms with Gasteiger partial charge in [-0.2, -0.15) is 0 Å². The molecule has 0 radical (unpaired) electrons. The minimum Gasteiger partial charge on any atom is -0.497 e. The molecule has 2 rings (SSSR count). The summed E-state index contributed by atoms with van der Waals surface area (Å²) in [5, 5.41) is 15.8. The van der Waals surface area contributed by atoms with Crippen molar-refractivity contribution in [1.29, 1.82) is 0 Å². The number of unbranched alkanes of at least 4 members (excludes halogenated alkanes) is 2. The van der Waals surface area contributed by atoms with Gasteiger partial charge in [-0.1, -0.05) is 78.4 Å². The first-order valence-electron chi connectivity index (χ1n) is 16.4. The van der Waals surface area contributed by atoms with E-state index in [1.165, 1.54) is 52.2 Å². The number of esters is 2. The summed E-state index contributed by atoms with van der Waals surface area (Å²) in [4.78, 5) is 31.5. The smallest absolute Gasteiger partial charge is 0.497 e. The van der Waals surface area contributed by atoms with E-state index in [4.69, 9.17) is 24.4 Å². The molecule has 2 atom stereocenters. The Morgan fingerprint density at radius 1 is 0.760 bits per heavy atom. The van der Waals surface area contributed by atoms with Gasteiger partial charge in [-0.05, 0) is 72.7 Å². The van der Waals surface area contributed by atoms with Crippen LogP contribution in [-0.4, -0.2) is 75.6 Å². The summed E-state index contributed by atoms with van der Waals surface area (Å²) in [6.45, 7) is 10.9. The van der Waals surface area contributed by atoms with E-state index in [2.05, 4.69) is 32.4 Å². The molecule has 11 heteroatoms. The van der Waals surface area contributed by atoms with Gasteiger partial charge in [0.15, 0.2) is 0 Å². The molecule has 0 aliphatic rings. The largest absolute Gasteiger partial charge is 1.00 e. The zero-order valence-corrected chi connectivity index (χ0v) is 34.8. The van der Waals surface area contributed by atoms with Gasteiger partial charge in [0.1, 0.15) is 17.8 Å².